The molecule has 1 aliphatic rings. The van der Waals surface area contributed by atoms with Crippen LogP contribution in [0.15, 0.2) is 46.4 Å². The highest BCUT2D eigenvalue weighted by molar-refractivity contribution is 5.76. The molecule has 19 heavy (non-hydrogen) atoms. The Morgan fingerprint density at radius 2 is 2.11 bits per heavy atom. The number of fused-ring (bicyclic) bond motifs is 1. The molecule has 96 valence electrons. The minimum atomic E-state index is -0.893. The van der Waals surface area contributed by atoms with Gasteiger partial charge >= 0.3 is 5.82 Å². The molecule has 2 heterocycles. The van der Waals surface area contributed by atoms with Crippen molar-refractivity contribution < 1.29 is 4.92 Å². The molecule has 1 aliphatic heterocycles. The van der Waals surface area contributed by atoms with Crippen LogP contribution in [0.4, 0.5) is 0 Å². The molecule has 0 N–H and O–H groups in total. The standard InChI is InChI=1S/C12H11N5O2/c1-12(7-10(14-15-12)17(18)19)11-13-8-5-3-4-6-9(8)16(11)2/h3-7H,1-2H3. The van der Waals surface area contributed by atoms with E-state index in [9.17, 15) is 10.1 Å². The summed E-state index contributed by atoms with van der Waals surface area (Å²) < 4.78 is 1.88. The van der Waals surface area contributed by atoms with E-state index in [1.54, 1.807) is 6.92 Å². The average molecular weight is 257 g/mol. The van der Waals surface area contributed by atoms with Gasteiger partial charge in [-0.2, -0.15) is 0 Å². The molecule has 7 heteroatoms. The van der Waals surface area contributed by atoms with E-state index in [0.717, 1.165) is 11.0 Å². The molecule has 0 aliphatic carbocycles. The van der Waals surface area contributed by atoms with E-state index in [2.05, 4.69) is 15.2 Å². The molecule has 0 saturated heterocycles. The van der Waals surface area contributed by atoms with Crippen molar-refractivity contribution in [2.45, 2.75) is 12.5 Å². The van der Waals surface area contributed by atoms with Gasteiger partial charge in [0.25, 0.3) is 0 Å². The van der Waals surface area contributed by atoms with E-state index in [1.807, 2.05) is 35.9 Å². The second-order valence-electron chi connectivity index (χ2n) is 4.59. The van der Waals surface area contributed by atoms with Crippen LogP contribution in [-0.2, 0) is 12.6 Å². The molecule has 1 unspecified atom stereocenters. The molecular formula is C12H11N5O2. The maximum Gasteiger partial charge on any atom is 0.389 e. The van der Waals surface area contributed by atoms with Crippen molar-refractivity contribution in [2.24, 2.45) is 17.3 Å². The third kappa shape index (κ3) is 1.62. The van der Waals surface area contributed by atoms with E-state index >= 15 is 0 Å². The van der Waals surface area contributed by atoms with Gasteiger partial charge in [-0.05, 0) is 24.0 Å². The van der Waals surface area contributed by atoms with Crippen molar-refractivity contribution in [1.29, 1.82) is 0 Å². The number of hydrogen-bond donors (Lipinski definition) is 0. The molecule has 1 atom stereocenters. The van der Waals surface area contributed by atoms with Crippen molar-refractivity contribution in [3.63, 3.8) is 0 Å². The Labute approximate surface area is 108 Å². The first kappa shape index (κ1) is 11.5. The Morgan fingerprint density at radius 3 is 2.74 bits per heavy atom. The van der Waals surface area contributed by atoms with Crippen LogP contribution in [-0.4, -0.2) is 14.5 Å². The zero-order valence-electron chi connectivity index (χ0n) is 10.4. The quantitative estimate of drug-likeness (QED) is 0.611. The Hall–Kier alpha value is -2.57. The van der Waals surface area contributed by atoms with Gasteiger partial charge in [0.05, 0.1) is 22.2 Å². The van der Waals surface area contributed by atoms with Gasteiger partial charge in [-0.15, -0.1) is 0 Å². The third-order valence-corrected chi connectivity index (χ3v) is 3.20. The van der Waals surface area contributed by atoms with Gasteiger partial charge in [-0.3, -0.25) is 0 Å². The van der Waals surface area contributed by atoms with Crippen LogP contribution >= 0.6 is 0 Å². The summed E-state index contributed by atoms with van der Waals surface area (Å²) >= 11 is 0. The number of para-hydroxylation sites is 2. The van der Waals surface area contributed by atoms with Crippen LogP contribution in [0.3, 0.4) is 0 Å². The maximum atomic E-state index is 10.7. The van der Waals surface area contributed by atoms with Crippen LogP contribution in [0.25, 0.3) is 11.0 Å². The Kier molecular flexibility index (Phi) is 2.25. The fourth-order valence-electron chi connectivity index (χ4n) is 2.26. The highest BCUT2D eigenvalue weighted by atomic mass is 16.6. The molecular weight excluding hydrogens is 246 g/mol. The van der Waals surface area contributed by atoms with E-state index in [0.29, 0.717) is 5.82 Å². The Balaban J connectivity index is 2.18. The number of nitro groups is 1. The minimum Gasteiger partial charge on any atom is -0.358 e. The number of aryl methyl sites for hydroxylation is 1. The second kappa shape index (κ2) is 3.71. The van der Waals surface area contributed by atoms with Crippen molar-refractivity contribution in [3.05, 3.63) is 52.1 Å². The molecule has 0 fully saturated rings. The maximum absolute atomic E-state index is 10.7. The largest absolute Gasteiger partial charge is 0.389 e. The fourth-order valence-corrected chi connectivity index (χ4v) is 2.26. The van der Waals surface area contributed by atoms with Gasteiger partial charge in [0.1, 0.15) is 5.82 Å². The number of hydrogen-bond acceptors (Lipinski definition) is 5. The fraction of sp³-hybridized carbons (Fsp3) is 0.250. The molecule has 0 spiro atoms. The summed E-state index contributed by atoms with van der Waals surface area (Å²) in [6.07, 6.45) is 1.42. The Morgan fingerprint density at radius 1 is 1.37 bits per heavy atom. The predicted molar refractivity (Wildman–Crippen MR) is 68.0 cm³/mol. The average Bonchev–Trinajstić information content (AvgIpc) is 2.93. The summed E-state index contributed by atoms with van der Waals surface area (Å²) in [5, 5.41) is 18.3. The summed E-state index contributed by atoms with van der Waals surface area (Å²) in [6.45, 7) is 1.76. The molecule has 3 rings (SSSR count). The molecule has 1 aromatic heterocycles. The summed E-state index contributed by atoms with van der Waals surface area (Å²) in [6, 6.07) is 7.66. The molecule has 1 aromatic carbocycles. The van der Waals surface area contributed by atoms with Gasteiger partial charge in [0.2, 0.25) is 0 Å². The number of rotatable bonds is 2. The lowest BCUT2D eigenvalue weighted by atomic mass is 10.0. The number of nitrogens with zero attached hydrogens (tertiary/aromatic N) is 5. The molecule has 2 aromatic rings. The first-order valence-corrected chi connectivity index (χ1v) is 5.73. The minimum absolute atomic E-state index is 0.241. The van der Waals surface area contributed by atoms with E-state index in [1.165, 1.54) is 6.08 Å². The first-order chi connectivity index (χ1) is 9.01. The number of benzene rings is 1. The van der Waals surface area contributed by atoms with Gasteiger partial charge in [-0.1, -0.05) is 17.2 Å². The number of imidazole rings is 1. The molecule has 0 amide bonds. The van der Waals surface area contributed by atoms with Crippen LogP contribution < -0.4 is 0 Å². The summed E-state index contributed by atoms with van der Waals surface area (Å²) in [5.74, 6) is 0.392. The topological polar surface area (TPSA) is 85.7 Å². The van der Waals surface area contributed by atoms with Crippen molar-refractivity contribution in [3.8, 4) is 0 Å². The van der Waals surface area contributed by atoms with E-state index < -0.39 is 10.5 Å². The second-order valence-corrected chi connectivity index (χ2v) is 4.59. The van der Waals surface area contributed by atoms with Crippen molar-refractivity contribution in [1.82, 2.24) is 9.55 Å². The van der Waals surface area contributed by atoms with E-state index in [4.69, 9.17) is 0 Å². The van der Waals surface area contributed by atoms with Crippen LogP contribution in [0.1, 0.15) is 12.7 Å². The summed E-state index contributed by atoms with van der Waals surface area (Å²) in [7, 11) is 1.86. The monoisotopic (exact) mass is 257 g/mol. The summed E-state index contributed by atoms with van der Waals surface area (Å²) in [4.78, 5) is 14.7. The molecule has 0 saturated carbocycles. The van der Waals surface area contributed by atoms with Crippen LogP contribution in [0, 0.1) is 10.1 Å². The van der Waals surface area contributed by atoms with Crippen molar-refractivity contribution in [2.75, 3.05) is 0 Å². The molecule has 0 radical (unpaired) electrons. The lowest BCUT2D eigenvalue weighted by Gasteiger charge is -2.13. The first-order valence-electron chi connectivity index (χ1n) is 5.73. The van der Waals surface area contributed by atoms with Gasteiger partial charge < -0.3 is 14.7 Å². The lowest BCUT2D eigenvalue weighted by Crippen LogP contribution is -2.19. The smallest absolute Gasteiger partial charge is 0.358 e. The summed E-state index contributed by atoms with van der Waals surface area (Å²) in [5.41, 5.74) is 0.896. The zero-order chi connectivity index (χ0) is 13.6. The van der Waals surface area contributed by atoms with Gasteiger partial charge in [0.15, 0.2) is 5.54 Å². The lowest BCUT2D eigenvalue weighted by molar-refractivity contribution is -0.426. The number of azo groups is 1. The van der Waals surface area contributed by atoms with E-state index in [-0.39, 0.29) is 5.82 Å². The highest BCUT2D eigenvalue weighted by Gasteiger charge is 2.39. The normalized spacial score (nSPS) is 21.9. The van der Waals surface area contributed by atoms with Crippen LogP contribution in [0.2, 0.25) is 0 Å². The zero-order valence-corrected chi connectivity index (χ0v) is 10.4. The number of aromatic nitrogens is 2. The SMILES string of the molecule is Cn1c(C2(C)C=C([N+](=O)[O-])N=N2)nc2ccccc21. The molecule has 0 bridgehead atoms. The van der Waals surface area contributed by atoms with Crippen LogP contribution in [0.5, 0.6) is 0 Å². The van der Waals surface area contributed by atoms with Gasteiger partial charge in [0, 0.05) is 7.05 Å². The Bertz CT molecular complexity index is 746. The van der Waals surface area contributed by atoms with Crippen molar-refractivity contribution >= 4 is 11.0 Å². The predicted octanol–water partition coefficient (Wildman–Crippen LogP) is 2.37. The molecule has 7 nitrogen and oxygen atoms in total. The highest BCUT2D eigenvalue weighted by Crippen LogP contribution is 2.34. The third-order valence-electron chi connectivity index (χ3n) is 3.20. The van der Waals surface area contributed by atoms with Gasteiger partial charge in [-0.25, -0.2) is 4.98 Å².